The molecule has 0 radical (unpaired) electrons. The third kappa shape index (κ3) is 2.11. The SMILES string of the molecule is COc1cc(C2(O)CCN(C3CC3)C2)ccc1Cl. The van der Waals surface area contributed by atoms with Crippen LogP contribution in [-0.2, 0) is 5.60 Å². The number of hydrogen-bond donors (Lipinski definition) is 1. The van der Waals surface area contributed by atoms with Gasteiger partial charge in [-0.2, -0.15) is 0 Å². The zero-order valence-electron chi connectivity index (χ0n) is 10.5. The van der Waals surface area contributed by atoms with Gasteiger partial charge in [0, 0.05) is 19.1 Å². The maximum Gasteiger partial charge on any atom is 0.137 e. The van der Waals surface area contributed by atoms with Crippen LogP contribution in [-0.4, -0.2) is 36.2 Å². The molecular formula is C14H18ClNO2. The molecule has 1 saturated carbocycles. The lowest BCUT2D eigenvalue weighted by atomic mass is 9.93. The average Bonchev–Trinajstić information content (AvgIpc) is 3.14. The normalized spacial score (nSPS) is 28.6. The average molecular weight is 268 g/mol. The first-order valence-corrected chi connectivity index (χ1v) is 6.81. The summed E-state index contributed by atoms with van der Waals surface area (Å²) in [5, 5.41) is 11.4. The van der Waals surface area contributed by atoms with E-state index in [1.807, 2.05) is 12.1 Å². The number of benzene rings is 1. The van der Waals surface area contributed by atoms with Gasteiger partial charge in [-0.15, -0.1) is 0 Å². The third-order valence-corrected chi connectivity index (χ3v) is 4.34. The summed E-state index contributed by atoms with van der Waals surface area (Å²) >= 11 is 6.02. The Morgan fingerprint density at radius 1 is 1.44 bits per heavy atom. The molecule has 1 unspecified atom stereocenters. The summed E-state index contributed by atoms with van der Waals surface area (Å²) in [6.07, 6.45) is 3.34. The first-order chi connectivity index (χ1) is 8.62. The van der Waals surface area contributed by atoms with Gasteiger partial charge in [0.05, 0.1) is 12.1 Å². The summed E-state index contributed by atoms with van der Waals surface area (Å²) in [5.74, 6) is 0.632. The van der Waals surface area contributed by atoms with Gasteiger partial charge in [0.15, 0.2) is 0 Å². The Morgan fingerprint density at radius 2 is 2.22 bits per heavy atom. The minimum atomic E-state index is -0.750. The molecule has 1 aromatic rings. The molecule has 1 aliphatic carbocycles. The number of ether oxygens (including phenoxy) is 1. The van der Waals surface area contributed by atoms with Gasteiger partial charge in [0.1, 0.15) is 11.4 Å². The minimum Gasteiger partial charge on any atom is -0.495 e. The van der Waals surface area contributed by atoms with Gasteiger partial charge in [0.25, 0.3) is 0 Å². The highest BCUT2D eigenvalue weighted by Gasteiger charge is 2.43. The quantitative estimate of drug-likeness (QED) is 0.913. The highest BCUT2D eigenvalue weighted by molar-refractivity contribution is 6.32. The number of β-amino-alcohol motifs (C(OH)–C–C–N with tert-alkyl or cyclic N) is 1. The highest BCUT2D eigenvalue weighted by Crippen LogP contribution is 2.40. The Balaban J connectivity index is 1.85. The molecule has 0 bridgehead atoms. The topological polar surface area (TPSA) is 32.7 Å². The molecular weight excluding hydrogens is 250 g/mol. The second-order valence-corrected chi connectivity index (χ2v) is 5.74. The van der Waals surface area contributed by atoms with E-state index in [1.165, 1.54) is 12.8 Å². The minimum absolute atomic E-state index is 0.585. The zero-order chi connectivity index (χ0) is 12.8. The van der Waals surface area contributed by atoms with E-state index < -0.39 is 5.60 Å². The van der Waals surface area contributed by atoms with Gasteiger partial charge in [-0.25, -0.2) is 0 Å². The largest absolute Gasteiger partial charge is 0.495 e. The third-order valence-electron chi connectivity index (χ3n) is 4.03. The van der Waals surface area contributed by atoms with Crippen molar-refractivity contribution in [1.29, 1.82) is 0 Å². The van der Waals surface area contributed by atoms with Gasteiger partial charge < -0.3 is 9.84 Å². The van der Waals surface area contributed by atoms with Crippen LogP contribution in [0.25, 0.3) is 0 Å². The van der Waals surface area contributed by atoms with Crippen LogP contribution in [0.3, 0.4) is 0 Å². The summed E-state index contributed by atoms with van der Waals surface area (Å²) in [5.41, 5.74) is 0.160. The Kier molecular flexibility index (Phi) is 3.00. The number of methoxy groups -OCH3 is 1. The molecule has 2 fully saturated rings. The summed E-state index contributed by atoms with van der Waals surface area (Å²) in [7, 11) is 1.60. The van der Waals surface area contributed by atoms with Crippen molar-refractivity contribution in [2.24, 2.45) is 0 Å². The monoisotopic (exact) mass is 267 g/mol. The Hall–Kier alpha value is -0.770. The lowest BCUT2D eigenvalue weighted by Gasteiger charge is -2.24. The highest BCUT2D eigenvalue weighted by atomic mass is 35.5. The molecule has 1 heterocycles. The van der Waals surface area contributed by atoms with E-state index in [4.69, 9.17) is 16.3 Å². The number of aliphatic hydroxyl groups is 1. The number of rotatable bonds is 3. The summed E-state index contributed by atoms with van der Waals surface area (Å²) in [6.45, 7) is 1.70. The van der Waals surface area contributed by atoms with Crippen LogP contribution in [0.4, 0.5) is 0 Å². The van der Waals surface area contributed by atoms with Crippen LogP contribution in [0, 0.1) is 0 Å². The van der Waals surface area contributed by atoms with Crippen molar-refractivity contribution in [2.75, 3.05) is 20.2 Å². The lowest BCUT2D eigenvalue weighted by molar-refractivity contribution is 0.0450. The van der Waals surface area contributed by atoms with Crippen molar-refractivity contribution in [3.8, 4) is 5.75 Å². The molecule has 98 valence electrons. The fourth-order valence-corrected chi connectivity index (χ4v) is 2.95. The Labute approximate surface area is 112 Å². The van der Waals surface area contributed by atoms with Crippen molar-refractivity contribution >= 4 is 11.6 Å². The van der Waals surface area contributed by atoms with Crippen molar-refractivity contribution in [1.82, 2.24) is 4.90 Å². The molecule has 1 atom stereocenters. The van der Waals surface area contributed by atoms with Crippen molar-refractivity contribution in [3.63, 3.8) is 0 Å². The molecule has 4 heteroatoms. The number of hydrogen-bond acceptors (Lipinski definition) is 3. The van der Waals surface area contributed by atoms with E-state index in [0.717, 1.165) is 25.1 Å². The predicted octanol–water partition coefficient (Wildman–Crippen LogP) is 2.40. The molecule has 2 aliphatic rings. The number of halogens is 1. The second-order valence-electron chi connectivity index (χ2n) is 5.33. The summed E-state index contributed by atoms with van der Waals surface area (Å²) in [4.78, 5) is 2.39. The first kappa shape index (κ1) is 12.3. The predicted molar refractivity (Wildman–Crippen MR) is 71.1 cm³/mol. The van der Waals surface area contributed by atoms with Gasteiger partial charge in [-0.1, -0.05) is 17.7 Å². The molecule has 3 rings (SSSR count). The molecule has 3 nitrogen and oxygen atoms in total. The van der Waals surface area contributed by atoms with Crippen LogP contribution < -0.4 is 4.74 Å². The Bertz CT molecular complexity index is 461. The van der Waals surface area contributed by atoms with Crippen LogP contribution in [0.2, 0.25) is 5.02 Å². The maximum absolute atomic E-state index is 10.8. The van der Waals surface area contributed by atoms with Gasteiger partial charge in [-0.05, 0) is 37.0 Å². The standard InChI is InChI=1S/C14H18ClNO2/c1-18-13-8-10(2-5-12(13)15)14(17)6-7-16(9-14)11-3-4-11/h2,5,8,11,17H,3-4,6-7,9H2,1H3. The van der Waals surface area contributed by atoms with Gasteiger partial charge in [-0.3, -0.25) is 4.90 Å². The number of likely N-dealkylation sites (tertiary alicyclic amines) is 1. The van der Waals surface area contributed by atoms with Gasteiger partial charge >= 0.3 is 0 Å². The molecule has 0 spiro atoms. The van der Waals surface area contributed by atoms with Crippen molar-refractivity contribution in [3.05, 3.63) is 28.8 Å². The fourth-order valence-electron chi connectivity index (χ4n) is 2.76. The van der Waals surface area contributed by atoms with E-state index in [0.29, 0.717) is 16.8 Å². The molecule has 0 amide bonds. The zero-order valence-corrected chi connectivity index (χ0v) is 11.3. The smallest absolute Gasteiger partial charge is 0.137 e. The van der Waals surface area contributed by atoms with E-state index in [9.17, 15) is 5.11 Å². The molecule has 1 aliphatic heterocycles. The van der Waals surface area contributed by atoms with E-state index in [-0.39, 0.29) is 0 Å². The van der Waals surface area contributed by atoms with E-state index in [2.05, 4.69) is 4.90 Å². The molecule has 18 heavy (non-hydrogen) atoms. The molecule has 1 aromatic carbocycles. The van der Waals surface area contributed by atoms with Crippen molar-refractivity contribution < 1.29 is 9.84 Å². The Morgan fingerprint density at radius 3 is 2.89 bits per heavy atom. The fraction of sp³-hybridized carbons (Fsp3) is 0.571. The summed E-state index contributed by atoms with van der Waals surface area (Å²) < 4.78 is 5.22. The van der Waals surface area contributed by atoms with E-state index >= 15 is 0 Å². The van der Waals surface area contributed by atoms with Crippen LogP contribution in [0.1, 0.15) is 24.8 Å². The summed E-state index contributed by atoms with van der Waals surface area (Å²) in [6, 6.07) is 6.27. The van der Waals surface area contributed by atoms with Crippen molar-refractivity contribution in [2.45, 2.75) is 30.9 Å². The molecule has 0 aromatic heterocycles. The van der Waals surface area contributed by atoms with E-state index in [1.54, 1.807) is 13.2 Å². The first-order valence-electron chi connectivity index (χ1n) is 6.43. The lowest BCUT2D eigenvalue weighted by Crippen LogP contribution is -2.31. The maximum atomic E-state index is 10.8. The second kappa shape index (κ2) is 4.41. The molecule has 1 N–H and O–H groups in total. The van der Waals surface area contributed by atoms with Crippen LogP contribution in [0.15, 0.2) is 18.2 Å². The number of nitrogens with zero attached hydrogens (tertiary/aromatic N) is 1. The van der Waals surface area contributed by atoms with Crippen LogP contribution >= 0.6 is 11.6 Å². The van der Waals surface area contributed by atoms with Gasteiger partial charge in [0.2, 0.25) is 0 Å². The van der Waals surface area contributed by atoms with Crippen LogP contribution in [0.5, 0.6) is 5.75 Å². The molecule has 1 saturated heterocycles.